The minimum atomic E-state index is 0.919. The Labute approximate surface area is 168 Å². The second kappa shape index (κ2) is 6.15. The lowest BCUT2D eigenvalue weighted by molar-refractivity contribution is 0.662. The van der Waals surface area contributed by atoms with Crippen LogP contribution in [0.4, 0.5) is 0 Å². The van der Waals surface area contributed by atoms with Gasteiger partial charge >= 0.3 is 11.2 Å². The van der Waals surface area contributed by atoms with Crippen LogP contribution in [0.15, 0.2) is 101 Å². The highest BCUT2D eigenvalue weighted by atomic mass is 16.3. The Kier molecular flexibility index (Phi) is 3.45. The minimum Gasteiger partial charge on any atom is -0.207 e. The first kappa shape index (κ1) is 16.3. The van der Waals surface area contributed by atoms with E-state index in [0.29, 0.717) is 0 Å². The van der Waals surface area contributed by atoms with Gasteiger partial charge in [-0.1, -0.05) is 78.4 Å². The van der Waals surface area contributed by atoms with Crippen LogP contribution in [0.1, 0.15) is 5.56 Å². The van der Waals surface area contributed by atoms with Gasteiger partial charge in [0, 0.05) is 17.7 Å². The Morgan fingerprint density at radius 3 is 1.59 bits per heavy atom. The molecule has 0 fully saturated rings. The molecular formula is C28H19O+. The van der Waals surface area contributed by atoms with Crippen molar-refractivity contribution < 1.29 is 4.42 Å². The molecule has 1 aromatic heterocycles. The maximum atomic E-state index is 6.45. The van der Waals surface area contributed by atoms with E-state index in [9.17, 15) is 0 Å². The van der Waals surface area contributed by atoms with Crippen LogP contribution in [0, 0.1) is 6.92 Å². The number of fused-ring (bicyclic) bond motifs is 6. The van der Waals surface area contributed by atoms with Crippen molar-refractivity contribution in [2.75, 3.05) is 0 Å². The van der Waals surface area contributed by atoms with Crippen molar-refractivity contribution in [2.24, 2.45) is 0 Å². The monoisotopic (exact) mass is 371 g/mol. The maximum absolute atomic E-state index is 6.45. The molecule has 5 aromatic carbocycles. The first-order valence-corrected chi connectivity index (χ1v) is 9.96. The van der Waals surface area contributed by atoms with E-state index in [1.165, 1.54) is 49.0 Å². The van der Waals surface area contributed by atoms with Gasteiger partial charge in [-0.15, -0.1) is 0 Å². The van der Waals surface area contributed by atoms with E-state index < -0.39 is 0 Å². The molecule has 0 N–H and O–H groups in total. The molecule has 1 nitrogen and oxygen atoms in total. The van der Waals surface area contributed by atoms with Crippen LogP contribution in [0.3, 0.4) is 0 Å². The zero-order valence-corrected chi connectivity index (χ0v) is 16.1. The smallest absolute Gasteiger partial charge is 0.207 e. The predicted molar refractivity (Wildman–Crippen MR) is 123 cm³/mol. The summed E-state index contributed by atoms with van der Waals surface area (Å²) in [6.45, 7) is 2.13. The highest BCUT2D eigenvalue weighted by Crippen LogP contribution is 2.42. The van der Waals surface area contributed by atoms with Crippen LogP contribution in [-0.2, 0) is 0 Å². The average Bonchev–Trinajstić information content (AvgIpc) is 2.78. The minimum absolute atomic E-state index is 0.919. The van der Waals surface area contributed by atoms with E-state index in [1.807, 2.05) is 0 Å². The molecule has 0 amide bonds. The van der Waals surface area contributed by atoms with E-state index in [2.05, 4.69) is 104 Å². The standard InChI is InChI=1S/C28H19O/c1-18-10-12-21(13-11-18)26-27-22-8-4-2-6-19(22)14-16-24(27)29-25-17-15-20-7-3-5-9-23(20)28(25)26/h2-17H,1H3/q+1. The highest BCUT2D eigenvalue weighted by molar-refractivity contribution is 6.24. The van der Waals surface area contributed by atoms with Gasteiger partial charge in [0.05, 0.1) is 10.8 Å². The SMILES string of the molecule is Cc1ccc(-c2c3c(ccc4ccccc43)[o+]c3ccc4ccccc4c23)cc1. The molecule has 6 aromatic rings. The summed E-state index contributed by atoms with van der Waals surface area (Å²) in [5, 5.41) is 7.25. The van der Waals surface area contributed by atoms with Gasteiger partial charge in [0.15, 0.2) is 0 Å². The molecule has 0 unspecified atom stereocenters. The van der Waals surface area contributed by atoms with E-state index in [0.717, 1.165) is 11.2 Å². The molecule has 136 valence electrons. The Morgan fingerprint density at radius 1 is 0.517 bits per heavy atom. The summed E-state index contributed by atoms with van der Waals surface area (Å²) in [4.78, 5) is 0. The van der Waals surface area contributed by atoms with Crippen LogP contribution in [0.5, 0.6) is 0 Å². The summed E-state index contributed by atoms with van der Waals surface area (Å²) >= 11 is 0. The van der Waals surface area contributed by atoms with Crippen molar-refractivity contribution in [3.8, 4) is 11.1 Å². The predicted octanol–water partition coefficient (Wildman–Crippen LogP) is 8.15. The lowest BCUT2D eigenvalue weighted by atomic mass is 9.91. The van der Waals surface area contributed by atoms with Gasteiger partial charge in [0.25, 0.3) is 0 Å². The quantitative estimate of drug-likeness (QED) is 0.161. The van der Waals surface area contributed by atoms with Crippen molar-refractivity contribution in [2.45, 2.75) is 6.92 Å². The molecular weight excluding hydrogens is 352 g/mol. The zero-order chi connectivity index (χ0) is 19.4. The normalized spacial score (nSPS) is 11.6. The molecule has 1 heterocycles. The van der Waals surface area contributed by atoms with Gasteiger partial charge < -0.3 is 0 Å². The topological polar surface area (TPSA) is 11.3 Å². The third-order valence-electron chi connectivity index (χ3n) is 5.84. The number of benzene rings is 5. The fourth-order valence-corrected chi connectivity index (χ4v) is 4.44. The highest BCUT2D eigenvalue weighted by Gasteiger charge is 2.23. The second-order valence-corrected chi connectivity index (χ2v) is 7.66. The van der Waals surface area contributed by atoms with Gasteiger partial charge in [0.2, 0.25) is 0 Å². The second-order valence-electron chi connectivity index (χ2n) is 7.66. The van der Waals surface area contributed by atoms with Gasteiger partial charge in [0.1, 0.15) is 0 Å². The Hall–Kier alpha value is -3.71. The molecule has 0 saturated carbocycles. The van der Waals surface area contributed by atoms with Crippen molar-refractivity contribution in [3.05, 3.63) is 103 Å². The van der Waals surface area contributed by atoms with Crippen LogP contribution in [-0.4, -0.2) is 0 Å². The lowest BCUT2D eigenvalue weighted by Crippen LogP contribution is -1.89. The maximum Gasteiger partial charge on any atom is 0.362 e. The van der Waals surface area contributed by atoms with Gasteiger partial charge in [-0.05, 0) is 46.2 Å². The number of rotatable bonds is 1. The molecule has 0 aliphatic heterocycles. The van der Waals surface area contributed by atoms with Crippen molar-refractivity contribution in [1.29, 1.82) is 0 Å². The molecule has 0 radical (unpaired) electrons. The van der Waals surface area contributed by atoms with Crippen molar-refractivity contribution >= 4 is 43.5 Å². The van der Waals surface area contributed by atoms with Gasteiger partial charge in [-0.25, -0.2) is 4.42 Å². The lowest BCUT2D eigenvalue weighted by Gasteiger charge is -2.10. The van der Waals surface area contributed by atoms with E-state index in [4.69, 9.17) is 4.42 Å². The Bertz CT molecular complexity index is 1450. The molecule has 0 spiro atoms. The summed E-state index contributed by atoms with van der Waals surface area (Å²) in [7, 11) is 0. The molecule has 29 heavy (non-hydrogen) atoms. The Balaban J connectivity index is 1.94. The van der Waals surface area contributed by atoms with Crippen molar-refractivity contribution in [1.82, 2.24) is 0 Å². The summed E-state index contributed by atoms with van der Waals surface area (Å²) in [5.74, 6) is 0. The number of hydrogen-bond donors (Lipinski definition) is 0. The average molecular weight is 371 g/mol. The third kappa shape index (κ3) is 2.44. The fraction of sp³-hybridized carbons (Fsp3) is 0.0357. The van der Waals surface area contributed by atoms with Crippen LogP contribution in [0.2, 0.25) is 0 Å². The summed E-state index contributed by atoms with van der Waals surface area (Å²) in [6.07, 6.45) is 0. The molecule has 0 aliphatic carbocycles. The molecule has 1 heteroatoms. The van der Waals surface area contributed by atoms with Gasteiger partial charge in [-0.3, -0.25) is 0 Å². The molecule has 0 bridgehead atoms. The summed E-state index contributed by atoms with van der Waals surface area (Å²) in [5.41, 5.74) is 5.56. The van der Waals surface area contributed by atoms with E-state index >= 15 is 0 Å². The largest absolute Gasteiger partial charge is 0.362 e. The number of hydrogen-bond acceptors (Lipinski definition) is 0. The number of aryl methyl sites for hydroxylation is 1. The molecule has 0 saturated heterocycles. The first-order chi connectivity index (χ1) is 14.3. The van der Waals surface area contributed by atoms with Crippen LogP contribution in [0.25, 0.3) is 54.6 Å². The van der Waals surface area contributed by atoms with Crippen molar-refractivity contribution in [3.63, 3.8) is 0 Å². The summed E-state index contributed by atoms with van der Waals surface area (Å²) in [6, 6.07) is 34.4. The zero-order valence-electron chi connectivity index (χ0n) is 16.1. The fourth-order valence-electron chi connectivity index (χ4n) is 4.44. The molecule has 0 atom stereocenters. The summed E-state index contributed by atoms with van der Waals surface area (Å²) < 4.78 is 6.45. The Morgan fingerprint density at radius 2 is 1.03 bits per heavy atom. The molecule has 0 aliphatic rings. The van der Waals surface area contributed by atoms with E-state index in [-0.39, 0.29) is 0 Å². The van der Waals surface area contributed by atoms with Crippen LogP contribution < -0.4 is 0 Å². The van der Waals surface area contributed by atoms with Crippen LogP contribution >= 0.6 is 0 Å². The van der Waals surface area contributed by atoms with E-state index in [1.54, 1.807) is 0 Å². The first-order valence-electron chi connectivity index (χ1n) is 9.96. The third-order valence-corrected chi connectivity index (χ3v) is 5.84. The molecule has 6 rings (SSSR count). The van der Waals surface area contributed by atoms with Gasteiger partial charge in [-0.2, -0.15) is 0 Å².